The number of furan rings is 1. The maximum Gasteiger partial charge on any atom is 0.246 e. The second-order valence-corrected chi connectivity index (χ2v) is 6.38. The Hall–Kier alpha value is -2.04. The van der Waals surface area contributed by atoms with Crippen LogP contribution in [0.2, 0.25) is 0 Å². The van der Waals surface area contributed by atoms with Gasteiger partial charge in [-0.25, -0.2) is 13.6 Å². The van der Waals surface area contributed by atoms with Gasteiger partial charge < -0.3 is 9.15 Å². The number of sulfonamides is 1. The Bertz CT molecular complexity index is 759. The predicted molar refractivity (Wildman–Crippen MR) is 78.2 cm³/mol. The van der Waals surface area contributed by atoms with Crippen LogP contribution >= 0.6 is 0 Å². The van der Waals surface area contributed by atoms with Crippen molar-refractivity contribution in [1.29, 1.82) is 5.26 Å². The Balaban J connectivity index is 1.90. The number of rotatable bonds is 7. The second kappa shape index (κ2) is 6.61. The topological polar surface area (TPSA) is 106 Å². The molecule has 2 rings (SSSR count). The minimum atomic E-state index is -3.39. The highest BCUT2D eigenvalue weighted by molar-refractivity contribution is 7.89. The molecule has 1 heterocycles. The van der Waals surface area contributed by atoms with Crippen molar-refractivity contribution >= 4 is 21.0 Å². The molecule has 0 aliphatic carbocycles. The maximum absolute atomic E-state index is 10.8. The molecule has 0 saturated carbocycles. The number of nitriles is 1. The van der Waals surface area contributed by atoms with Crippen LogP contribution in [0.1, 0.15) is 25.0 Å². The highest BCUT2D eigenvalue weighted by Crippen LogP contribution is 2.32. The quantitative estimate of drug-likeness (QED) is 0.789. The third-order valence-corrected chi connectivity index (χ3v) is 3.83. The van der Waals surface area contributed by atoms with E-state index in [2.05, 4.69) is 0 Å². The smallest absolute Gasteiger partial charge is 0.246 e. The van der Waals surface area contributed by atoms with Crippen LogP contribution in [0.15, 0.2) is 28.7 Å². The minimum Gasteiger partial charge on any atom is -0.488 e. The molecule has 0 bridgehead atoms. The van der Waals surface area contributed by atoms with Crippen molar-refractivity contribution in [3.63, 3.8) is 0 Å². The molecule has 7 heteroatoms. The fourth-order valence-corrected chi connectivity index (χ4v) is 2.60. The van der Waals surface area contributed by atoms with Crippen molar-refractivity contribution in [3.05, 3.63) is 30.0 Å². The Morgan fingerprint density at radius 3 is 2.71 bits per heavy atom. The standard InChI is InChI=1S/C14H16N2O4S/c15-10-13-14(11-6-2-3-7-12(11)20-13)19-8-4-1-5-9-21(16,17)18/h2-3,6-7H,1,4-5,8-9H2,(H2,16,17,18). The van der Waals surface area contributed by atoms with Crippen molar-refractivity contribution in [3.8, 4) is 11.8 Å². The molecule has 0 fully saturated rings. The molecule has 0 atom stereocenters. The summed E-state index contributed by atoms with van der Waals surface area (Å²) >= 11 is 0. The number of primary sulfonamides is 1. The molecule has 0 aliphatic rings. The first kappa shape index (κ1) is 15.4. The highest BCUT2D eigenvalue weighted by Gasteiger charge is 2.14. The molecule has 2 aromatic rings. The van der Waals surface area contributed by atoms with E-state index in [1.807, 2.05) is 24.3 Å². The zero-order valence-corrected chi connectivity index (χ0v) is 12.2. The molecular weight excluding hydrogens is 292 g/mol. The summed E-state index contributed by atoms with van der Waals surface area (Å²) in [6.07, 6.45) is 1.87. The summed E-state index contributed by atoms with van der Waals surface area (Å²) in [5.41, 5.74) is 0.610. The monoisotopic (exact) mass is 308 g/mol. The molecule has 2 N–H and O–H groups in total. The summed E-state index contributed by atoms with van der Waals surface area (Å²) in [5.74, 6) is 0.575. The van der Waals surface area contributed by atoms with Crippen LogP contribution < -0.4 is 9.88 Å². The lowest BCUT2D eigenvalue weighted by atomic mass is 10.2. The van der Waals surface area contributed by atoms with Crippen LogP contribution in [0.5, 0.6) is 5.75 Å². The van der Waals surface area contributed by atoms with Gasteiger partial charge in [0.2, 0.25) is 15.8 Å². The van der Waals surface area contributed by atoms with E-state index in [0.717, 1.165) is 5.39 Å². The normalized spacial score (nSPS) is 11.4. The van der Waals surface area contributed by atoms with Crippen LogP contribution in [-0.4, -0.2) is 20.8 Å². The molecule has 0 amide bonds. The Labute approximate surface area is 123 Å². The zero-order valence-electron chi connectivity index (χ0n) is 11.4. The number of unbranched alkanes of at least 4 members (excludes halogenated alkanes) is 2. The van der Waals surface area contributed by atoms with E-state index in [-0.39, 0.29) is 11.5 Å². The molecule has 1 aromatic carbocycles. The van der Waals surface area contributed by atoms with Gasteiger partial charge in [0, 0.05) is 0 Å². The fraction of sp³-hybridized carbons (Fsp3) is 0.357. The average molecular weight is 308 g/mol. The number of nitrogens with zero attached hydrogens (tertiary/aromatic N) is 1. The molecule has 0 spiro atoms. The first-order valence-electron chi connectivity index (χ1n) is 6.56. The molecule has 6 nitrogen and oxygen atoms in total. The zero-order chi connectivity index (χ0) is 15.3. The van der Waals surface area contributed by atoms with E-state index in [1.54, 1.807) is 6.07 Å². The summed E-state index contributed by atoms with van der Waals surface area (Å²) in [5, 5.41) is 14.7. The highest BCUT2D eigenvalue weighted by atomic mass is 32.2. The van der Waals surface area contributed by atoms with E-state index < -0.39 is 10.0 Å². The van der Waals surface area contributed by atoms with Gasteiger partial charge in [0.05, 0.1) is 17.7 Å². The maximum atomic E-state index is 10.8. The van der Waals surface area contributed by atoms with Crippen LogP contribution in [-0.2, 0) is 10.0 Å². The van der Waals surface area contributed by atoms with E-state index in [4.69, 9.17) is 19.6 Å². The van der Waals surface area contributed by atoms with E-state index >= 15 is 0 Å². The predicted octanol–water partition coefficient (Wildman–Crippen LogP) is 2.14. The first-order valence-corrected chi connectivity index (χ1v) is 8.28. The number of hydrogen-bond donors (Lipinski definition) is 1. The fourth-order valence-electron chi connectivity index (χ4n) is 2.00. The Morgan fingerprint density at radius 1 is 1.24 bits per heavy atom. The van der Waals surface area contributed by atoms with Gasteiger partial charge in [-0.15, -0.1) is 0 Å². The minimum absolute atomic E-state index is 0.0227. The van der Waals surface area contributed by atoms with Gasteiger partial charge in [0.1, 0.15) is 11.7 Å². The number of para-hydroxylation sites is 1. The summed E-state index contributed by atoms with van der Waals surface area (Å²) < 4.78 is 32.6. The first-order chi connectivity index (χ1) is 10.0. The number of hydrogen-bond acceptors (Lipinski definition) is 5. The lowest BCUT2D eigenvalue weighted by Crippen LogP contribution is -2.16. The number of ether oxygens (including phenoxy) is 1. The van der Waals surface area contributed by atoms with Crippen molar-refractivity contribution < 1.29 is 17.6 Å². The number of nitrogens with two attached hydrogens (primary N) is 1. The lowest BCUT2D eigenvalue weighted by molar-refractivity contribution is 0.304. The Morgan fingerprint density at radius 2 is 2.00 bits per heavy atom. The molecular formula is C14H16N2O4S. The molecule has 21 heavy (non-hydrogen) atoms. The van der Waals surface area contributed by atoms with Gasteiger partial charge >= 0.3 is 0 Å². The summed E-state index contributed by atoms with van der Waals surface area (Å²) in [4.78, 5) is 0. The summed E-state index contributed by atoms with van der Waals surface area (Å²) in [6, 6.07) is 9.24. The largest absolute Gasteiger partial charge is 0.488 e. The van der Waals surface area contributed by atoms with E-state index in [0.29, 0.717) is 37.2 Å². The number of fused-ring (bicyclic) bond motifs is 1. The molecule has 112 valence electrons. The van der Waals surface area contributed by atoms with Gasteiger partial charge in [-0.3, -0.25) is 0 Å². The van der Waals surface area contributed by atoms with Crippen molar-refractivity contribution in [2.24, 2.45) is 5.14 Å². The van der Waals surface area contributed by atoms with Crippen LogP contribution in [0.4, 0.5) is 0 Å². The van der Waals surface area contributed by atoms with Gasteiger partial charge in [0.25, 0.3) is 0 Å². The van der Waals surface area contributed by atoms with Crippen molar-refractivity contribution in [1.82, 2.24) is 0 Å². The second-order valence-electron chi connectivity index (χ2n) is 4.64. The van der Waals surface area contributed by atoms with E-state index in [1.165, 1.54) is 0 Å². The third kappa shape index (κ3) is 4.21. The third-order valence-electron chi connectivity index (χ3n) is 2.97. The van der Waals surface area contributed by atoms with Crippen molar-refractivity contribution in [2.45, 2.75) is 19.3 Å². The van der Waals surface area contributed by atoms with Crippen LogP contribution in [0.3, 0.4) is 0 Å². The molecule has 1 aromatic heterocycles. The van der Waals surface area contributed by atoms with E-state index in [9.17, 15) is 8.42 Å². The SMILES string of the molecule is N#Cc1oc2ccccc2c1OCCCCCS(N)(=O)=O. The van der Waals surface area contributed by atoms with Gasteiger partial charge in [0.15, 0.2) is 5.75 Å². The molecule has 0 aliphatic heterocycles. The molecule has 0 saturated heterocycles. The molecule has 0 unspecified atom stereocenters. The Kier molecular flexibility index (Phi) is 4.83. The summed E-state index contributed by atoms with van der Waals surface area (Å²) in [7, 11) is -3.39. The molecule has 0 radical (unpaired) electrons. The van der Waals surface area contributed by atoms with Gasteiger partial charge in [-0.05, 0) is 31.4 Å². The van der Waals surface area contributed by atoms with Gasteiger partial charge in [-0.2, -0.15) is 5.26 Å². The van der Waals surface area contributed by atoms with Crippen LogP contribution in [0, 0.1) is 11.3 Å². The average Bonchev–Trinajstić information content (AvgIpc) is 2.79. The van der Waals surface area contributed by atoms with Crippen molar-refractivity contribution in [2.75, 3.05) is 12.4 Å². The number of benzene rings is 1. The van der Waals surface area contributed by atoms with Gasteiger partial charge in [-0.1, -0.05) is 12.1 Å². The van der Waals surface area contributed by atoms with Crippen LogP contribution in [0.25, 0.3) is 11.0 Å². The lowest BCUT2D eigenvalue weighted by Gasteiger charge is -2.04. The summed E-state index contributed by atoms with van der Waals surface area (Å²) in [6.45, 7) is 0.392.